The number of nitrogens with zero attached hydrogens (tertiary/aromatic N) is 3. The molecule has 19 heavy (non-hydrogen) atoms. The number of nitrogens with one attached hydrogen (secondary N) is 1. The molecular formula is C9H10N4O5S. The van der Waals surface area contributed by atoms with Crippen molar-refractivity contribution in [2.45, 2.75) is 11.6 Å². The first kappa shape index (κ1) is 13.2. The molecule has 0 aliphatic carbocycles. The van der Waals surface area contributed by atoms with Gasteiger partial charge in [0.25, 0.3) is 10.0 Å². The van der Waals surface area contributed by atoms with E-state index in [0.717, 1.165) is 12.1 Å². The molecule has 102 valence electrons. The molecule has 2 heterocycles. The highest BCUT2D eigenvalue weighted by Crippen LogP contribution is 2.13. The maximum absolute atomic E-state index is 11.8. The molecule has 0 bridgehead atoms. The number of aromatic carboxylic acids is 1. The van der Waals surface area contributed by atoms with E-state index < -0.39 is 26.8 Å². The minimum absolute atomic E-state index is 0.0782. The van der Waals surface area contributed by atoms with Gasteiger partial charge >= 0.3 is 5.97 Å². The second kappa shape index (κ2) is 5.20. The Bertz CT molecular complexity index is 661. The normalized spacial score (nSPS) is 11.6. The van der Waals surface area contributed by atoms with Gasteiger partial charge < -0.3 is 9.52 Å². The predicted octanol–water partition coefficient (Wildman–Crippen LogP) is -0.452. The van der Waals surface area contributed by atoms with E-state index in [1.165, 1.54) is 10.9 Å². The van der Waals surface area contributed by atoms with Gasteiger partial charge in [-0.15, -0.1) is 5.10 Å². The number of furan rings is 1. The monoisotopic (exact) mass is 286 g/mol. The summed E-state index contributed by atoms with van der Waals surface area (Å²) in [5.41, 5.74) is 0. The van der Waals surface area contributed by atoms with Crippen molar-refractivity contribution in [2.75, 3.05) is 6.54 Å². The maximum Gasteiger partial charge on any atom is 0.371 e. The molecule has 2 N–H and O–H groups in total. The molecule has 0 saturated heterocycles. The minimum atomic E-state index is -3.87. The lowest BCUT2D eigenvalue weighted by Crippen LogP contribution is -2.27. The number of aromatic nitrogens is 3. The van der Waals surface area contributed by atoms with Crippen LogP contribution in [0.2, 0.25) is 0 Å². The van der Waals surface area contributed by atoms with Crippen molar-refractivity contribution >= 4 is 16.0 Å². The van der Waals surface area contributed by atoms with Crippen LogP contribution in [-0.2, 0) is 16.6 Å². The van der Waals surface area contributed by atoms with Gasteiger partial charge in [-0.25, -0.2) is 17.9 Å². The number of hydrogen-bond acceptors (Lipinski definition) is 6. The van der Waals surface area contributed by atoms with Gasteiger partial charge in [0.1, 0.15) is 0 Å². The van der Waals surface area contributed by atoms with Crippen LogP contribution >= 0.6 is 0 Å². The first-order valence-corrected chi connectivity index (χ1v) is 6.64. The van der Waals surface area contributed by atoms with E-state index in [2.05, 4.69) is 15.0 Å². The van der Waals surface area contributed by atoms with Gasteiger partial charge in [-0.3, -0.25) is 4.68 Å². The minimum Gasteiger partial charge on any atom is -0.475 e. The van der Waals surface area contributed by atoms with Gasteiger partial charge in [0.15, 0.2) is 0 Å². The molecule has 9 nitrogen and oxygen atoms in total. The van der Waals surface area contributed by atoms with Crippen LogP contribution in [-0.4, -0.2) is 41.0 Å². The van der Waals surface area contributed by atoms with Crippen LogP contribution in [0.25, 0.3) is 0 Å². The van der Waals surface area contributed by atoms with Crippen LogP contribution in [0.15, 0.2) is 34.0 Å². The first-order chi connectivity index (χ1) is 8.99. The summed E-state index contributed by atoms with van der Waals surface area (Å²) in [5.74, 6) is -1.76. The van der Waals surface area contributed by atoms with Gasteiger partial charge in [-0.2, -0.15) is 0 Å². The van der Waals surface area contributed by atoms with Crippen molar-refractivity contribution in [2.24, 2.45) is 0 Å². The summed E-state index contributed by atoms with van der Waals surface area (Å²) in [4.78, 5) is 10.6. The van der Waals surface area contributed by atoms with Crippen molar-refractivity contribution in [3.05, 3.63) is 30.3 Å². The molecule has 0 aliphatic heterocycles. The molecule has 0 fully saturated rings. The Morgan fingerprint density at radius 2 is 2.26 bits per heavy atom. The van der Waals surface area contributed by atoms with Crippen molar-refractivity contribution < 1.29 is 22.7 Å². The largest absolute Gasteiger partial charge is 0.475 e. The van der Waals surface area contributed by atoms with Crippen LogP contribution in [0.4, 0.5) is 0 Å². The summed E-state index contributed by atoms with van der Waals surface area (Å²) in [6.07, 6.45) is 3.06. The van der Waals surface area contributed by atoms with Crippen molar-refractivity contribution in [1.82, 2.24) is 19.7 Å². The quantitative estimate of drug-likeness (QED) is 0.735. The van der Waals surface area contributed by atoms with E-state index >= 15 is 0 Å². The number of carboxylic acid groups (broad SMARTS) is 1. The average Bonchev–Trinajstić information content (AvgIpc) is 2.99. The van der Waals surface area contributed by atoms with E-state index in [4.69, 9.17) is 9.52 Å². The van der Waals surface area contributed by atoms with Crippen molar-refractivity contribution in [1.29, 1.82) is 0 Å². The lowest BCUT2D eigenvalue weighted by atomic mass is 10.5. The fourth-order valence-electron chi connectivity index (χ4n) is 1.30. The summed E-state index contributed by atoms with van der Waals surface area (Å²) in [5, 5.41) is 15.4. The second-order valence-electron chi connectivity index (χ2n) is 3.49. The van der Waals surface area contributed by atoms with Crippen LogP contribution < -0.4 is 4.72 Å². The third kappa shape index (κ3) is 3.17. The molecule has 0 aromatic carbocycles. The lowest BCUT2D eigenvalue weighted by Gasteiger charge is -2.03. The first-order valence-electron chi connectivity index (χ1n) is 5.16. The molecular weight excluding hydrogens is 276 g/mol. The molecule has 2 rings (SSSR count). The van der Waals surface area contributed by atoms with E-state index in [1.54, 1.807) is 6.20 Å². The highest BCUT2D eigenvalue weighted by molar-refractivity contribution is 7.89. The average molecular weight is 286 g/mol. The van der Waals surface area contributed by atoms with E-state index in [1.807, 2.05) is 0 Å². The molecule has 0 unspecified atom stereocenters. The molecule has 2 aromatic rings. The van der Waals surface area contributed by atoms with Gasteiger partial charge in [0.2, 0.25) is 10.9 Å². The molecule has 10 heteroatoms. The predicted molar refractivity (Wildman–Crippen MR) is 60.9 cm³/mol. The number of carbonyl (C=O) groups is 1. The highest BCUT2D eigenvalue weighted by atomic mass is 32.2. The zero-order chi connectivity index (χ0) is 13.9. The van der Waals surface area contributed by atoms with E-state index in [0.29, 0.717) is 6.54 Å². The van der Waals surface area contributed by atoms with Crippen molar-refractivity contribution in [3.63, 3.8) is 0 Å². The van der Waals surface area contributed by atoms with Gasteiger partial charge in [-0.05, 0) is 12.1 Å². The molecule has 0 radical (unpaired) electrons. The van der Waals surface area contributed by atoms with Crippen LogP contribution in [0.5, 0.6) is 0 Å². The van der Waals surface area contributed by atoms with E-state index in [9.17, 15) is 13.2 Å². The standard InChI is InChI=1S/C9H10N4O5S/c14-9(15)7-1-2-8(18-7)19(16,17)11-4-6-13-5-3-10-12-13/h1-3,5,11H,4,6H2,(H,14,15). The molecule has 0 aliphatic rings. The fraction of sp³-hybridized carbons (Fsp3) is 0.222. The number of carboxylic acids is 1. The molecule has 0 atom stereocenters. The Morgan fingerprint density at radius 3 is 2.84 bits per heavy atom. The number of sulfonamides is 1. The highest BCUT2D eigenvalue weighted by Gasteiger charge is 2.20. The SMILES string of the molecule is O=C(O)c1ccc(S(=O)(=O)NCCn2ccnn2)o1. The molecule has 0 amide bonds. The summed E-state index contributed by atoms with van der Waals surface area (Å²) in [6, 6.07) is 2.16. The summed E-state index contributed by atoms with van der Waals surface area (Å²) in [6.45, 7) is 0.376. The van der Waals surface area contributed by atoms with E-state index in [-0.39, 0.29) is 6.54 Å². The Morgan fingerprint density at radius 1 is 1.47 bits per heavy atom. The molecule has 2 aromatic heterocycles. The Hall–Kier alpha value is -2.20. The zero-order valence-corrected chi connectivity index (χ0v) is 10.4. The number of rotatable bonds is 6. The second-order valence-corrected chi connectivity index (χ2v) is 5.19. The summed E-state index contributed by atoms with van der Waals surface area (Å²) >= 11 is 0. The lowest BCUT2D eigenvalue weighted by molar-refractivity contribution is 0.0656. The Kier molecular flexibility index (Phi) is 3.62. The van der Waals surface area contributed by atoms with Gasteiger partial charge in [0.05, 0.1) is 12.7 Å². The maximum atomic E-state index is 11.8. The van der Waals surface area contributed by atoms with Crippen LogP contribution in [0, 0.1) is 0 Å². The topological polar surface area (TPSA) is 127 Å². The van der Waals surface area contributed by atoms with Crippen molar-refractivity contribution in [3.8, 4) is 0 Å². The third-order valence-corrected chi connectivity index (χ3v) is 3.50. The molecule has 0 spiro atoms. The van der Waals surface area contributed by atoms with Gasteiger partial charge in [-0.1, -0.05) is 5.21 Å². The molecule has 0 saturated carbocycles. The van der Waals surface area contributed by atoms with Gasteiger partial charge in [0, 0.05) is 12.7 Å². The fourth-order valence-corrected chi connectivity index (χ4v) is 2.25. The smallest absolute Gasteiger partial charge is 0.371 e. The van der Waals surface area contributed by atoms with Crippen LogP contribution in [0.3, 0.4) is 0 Å². The Labute approximate surface area is 107 Å². The summed E-state index contributed by atoms with van der Waals surface area (Å²) in [7, 11) is -3.87. The Balaban J connectivity index is 1.99. The van der Waals surface area contributed by atoms with Crippen LogP contribution in [0.1, 0.15) is 10.6 Å². The number of hydrogen-bond donors (Lipinski definition) is 2. The third-order valence-electron chi connectivity index (χ3n) is 2.16. The summed E-state index contributed by atoms with van der Waals surface area (Å²) < 4.78 is 31.9. The zero-order valence-electron chi connectivity index (χ0n) is 9.55.